The third-order valence-electron chi connectivity index (χ3n) is 27.9. The van der Waals surface area contributed by atoms with E-state index in [2.05, 4.69) is 550 Å². The molecule has 0 bridgehead atoms. The van der Waals surface area contributed by atoms with Crippen LogP contribution in [0.15, 0.2) is 497 Å². The average molecular weight is 1760 g/mol. The van der Waals surface area contributed by atoms with E-state index in [0.29, 0.717) is 0 Å². The zero-order valence-electron chi connectivity index (χ0n) is 79.5. The molecular formula is C132H116N4. The Hall–Kier alpha value is -15.9. The summed E-state index contributed by atoms with van der Waals surface area (Å²) in [5, 5.41) is 9.17. The number of hydrogen-bond donors (Lipinski definition) is 0. The van der Waals surface area contributed by atoms with E-state index in [0.717, 1.165) is 113 Å². The van der Waals surface area contributed by atoms with Crippen LogP contribution in [-0.2, 0) is 34.5 Å². The molecule has 21 aromatic carbocycles. The van der Waals surface area contributed by atoms with Crippen LogP contribution >= 0.6 is 0 Å². The van der Waals surface area contributed by atoms with Crippen LogP contribution in [0.4, 0.5) is 68.2 Å². The maximum absolute atomic E-state index is 2.54. The van der Waals surface area contributed by atoms with Gasteiger partial charge in [0.25, 0.3) is 0 Å². The fraction of sp³-hybridized carbons (Fsp3) is 0.121. The molecule has 0 heterocycles. The van der Waals surface area contributed by atoms with Gasteiger partial charge in [0.15, 0.2) is 0 Å². The Labute approximate surface area is 804 Å². The van der Waals surface area contributed by atoms with Gasteiger partial charge in [0, 0.05) is 88.7 Å². The summed E-state index contributed by atoms with van der Waals surface area (Å²) in [6, 6.07) is 184. The molecule has 664 valence electrons. The van der Waals surface area contributed by atoms with Crippen molar-refractivity contribution in [2.24, 2.45) is 0 Å². The van der Waals surface area contributed by atoms with Gasteiger partial charge in [-0.2, -0.15) is 0 Å². The standard InChI is InChI=1S/C118H100N4.2C7H8/c1-115(2,87-37-21-11-22-38-87)91-53-65-99(66-54-91)119(95-45-29-15-30-46-95)107-77-73-103-105-75-79-109(121(97-61-49-85(50-62-97)81-83-33-17-9-18-34-83)101-69-57-93(58-70-101)117(5,6)89-41-25-13-26-42-89)114-110(122(98-63-51-86(52-64-98)82-84-35-19-10-20-36-84)102-71-59-94(60-72-102)118(7,8)90-43-27-14-28-44-90)80-76-106(112(105)114)104-74-78-108(113(107)111(103)104)120(96-47-31-16-32-48-96)100-67-55-92(56-68-100)116(3,4)88-39-23-12-24-40-88;2*1-7-5-3-2-4-6-7/h9-80H,81-82H2,1-8H3;2*2-6H,1H3. The minimum absolute atomic E-state index is 0.260. The Balaban J connectivity index is 0.000000778. The lowest BCUT2D eigenvalue weighted by molar-refractivity contribution is 0.641. The molecule has 0 aromatic heterocycles. The molecule has 21 aromatic rings. The van der Waals surface area contributed by atoms with Crippen molar-refractivity contribution >= 4 is 111 Å². The quantitative estimate of drug-likeness (QED) is 0.0441. The Kier molecular flexibility index (Phi) is 25.7. The zero-order chi connectivity index (χ0) is 93.3. The highest BCUT2D eigenvalue weighted by atomic mass is 15.2. The van der Waals surface area contributed by atoms with Crippen LogP contribution in [0, 0.1) is 13.8 Å². The molecule has 0 aliphatic carbocycles. The number of hydrogen-bond acceptors (Lipinski definition) is 4. The first kappa shape index (κ1) is 89.3. The number of anilines is 12. The summed E-state index contributed by atoms with van der Waals surface area (Å²) in [4.78, 5) is 10.1. The highest BCUT2D eigenvalue weighted by Gasteiger charge is 2.34. The van der Waals surface area contributed by atoms with Gasteiger partial charge in [-0.25, -0.2) is 0 Å². The maximum Gasteiger partial charge on any atom is 0.0561 e. The normalized spacial score (nSPS) is 11.7. The second-order valence-corrected chi connectivity index (χ2v) is 38.2. The molecule has 0 aliphatic heterocycles. The zero-order valence-corrected chi connectivity index (χ0v) is 79.5. The molecular weight excluding hydrogens is 1640 g/mol. The van der Waals surface area contributed by atoms with E-state index < -0.39 is 0 Å². The second-order valence-electron chi connectivity index (χ2n) is 38.2. The number of rotatable bonds is 24. The Morgan fingerprint density at radius 3 is 0.507 bits per heavy atom. The van der Waals surface area contributed by atoms with E-state index in [1.165, 1.54) is 88.7 Å². The first-order chi connectivity index (χ1) is 66.3. The molecule has 0 saturated carbocycles. The van der Waals surface area contributed by atoms with Crippen molar-refractivity contribution in [2.75, 3.05) is 19.6 Å². The molecule has 4 heteroatoms. The van der Waals surface area contributed by atoms with Crippen molar-refractivity contribution in [3.63, 3.8) is 0 Å². The first-order valence-electron chi connectivity index (χ1n) is 47.8. The molecule has 0 unspecified atom stereocenters. The van der Waals surface area contributed by atoms with Crippen molar-refractivity contribution in [1.82, 2.24) is 0 Å². The SMILES string of the molecule is CC(C)(c1ccccc1)c1ccc(N(c2ccccc2)c2ccc3c4ccc(N(c5ccc(Cc6ccccc6)cc5)c5ccc(C(C)(C)c6ccccc6)cc5)c5c(N(c6ccc(Cc7ccccc7)cc6)c6ccc(C(C)(C)c7ccccc7)cc6)ccc(c6ccc(N(c7ccccc7)c7ccc(C(C)(C)c8ccccc8)cc7)c2c36)c54)cc1.Cc1ccccc1.Cc1ccccc1. The van der Waals surface area contributed by atoms with Crippen molar-refractivity contribution in [2.45, 2.75) is 104 Å². The molecule has 0 spiro atoms. The molecule has 0 atom stereocenters. The summed E-state index contributed by atoms with van der Waals surface area (Å²) in [5.74, 6) is 0. The molecule has 21 rings (SSSR count). The maximum atomic E-state index is 2.54. The van der Waals surface area contributed by atoms with E-state index in [4.69, 9.17) is 0 Å². The largest absolute Gasteiger partial charge is 0.310 e. The Morgan fingerprint density at radius 2 is 0.309 bits per heavy atom. The van der Waals surface area contributed by atoms with Crippen LogP contribution in [0.25, 0.3) is 43.1 Å². The predicted molar refractivity (Wildman–Crippen MR) is 582 cm³/mol. The lowest BCUT2D eigenvalue weighted by atomic mass is 9.78. The molecule has 0 amide bonds. The minimum Gasteiger partial charge on any atom is -0.310 e. The topological polar surface area (TPSA) is 13.0 Å². The summed E-state index contributed by atoms with van der Waals surface area (Å²) in [6.45, 7) is 22.9. The minimum atomic E-state index is -0.279. The van der Waals surface area contributed by atoms with Gasteiger partial charge in [-0.05, 0) is 236 Å². The number of aryl methyl sites for hydroxylation is 2. The monoisotopic (exact) mass is 1760 g/mol. The predicted octanol–water partition coefficient (Wildman–Crippen LogP) is 36.1. The molecule has 0 saturated heterocycles. The van der Waals surface area contributed by atoms with E-state index in [-0.39, 0.29) is 21.7 Å². The molecule has 0 aliphatic rings. The van der Waals surface area contributed by atoms with Crippen LogP contribution < -0.4 is 19.6 Å². The van der Waals surface area contributed by atoms with E-state index >= 15 is 0 Å². The molecule has 0 N–H and O–H groups in total. The van der Waals surface area contributed by atoms with Gasteiger partial charge < -0.3 is 19.6 Å². The van der Waals surface area contributed by atoms with Crippen molar-refractivity contribution in [3.8, 4) is 0 Å². The van der Waals surface area contributed by atoms with Gasteiger partial charge in [-0.3, -0.25) is 0 Å². The van der Waals surface area contributed by atoms with Gasteiger partial charge in [0.2, 0.25) is 0 Å². The fourth-order valence-corrected chi connectivity index (χ4v) is 19.9. The first-order valence-corrected chi connectivity index (χ1v) is 47.8. The van der Waals surface area contributed by atoms with Crippen molar-refractivity contribution < 1.29 is 0 Å². The summed E-state index contributed by atoms with van der Waals surface area (Å²) in [6.07, 6.45) is 1.63. The van der Waals surface area contributed by atoms with Gasteiger partial charge in [0.05, 0.1) is 22.7 Å². The third-order valence-corrected chi connectivity index (χ3v) is 27.9. The summed E-state index contributed by atoms with van der Waals surface area (Å²) < 4.78 is 0. The van der Waals surface area contributed by atoms with Gasteiger partial charge in [-0.1, -0.05) is 443 Å². The van der Waals surface area contributed by atoms with E-state index in [9.17, 15) is 0 Å². The summed E-state index contributed by atoms with van der Waals surface area (Å²) >= 11 is 0. The lowest BCUT2D eigenvalue weighted by Crippen LogP contribution is -2.19. The molecule has 0 radical (unpaired) electrons. The number of nitrogens with zero attached hydrogens (tertiary/aromatic N) is 4. The third kappa shape index (κ3) is 18.5. The summed E-state index contributed by atoms with van der Waals surface area (Å²) in [7, 11) is 0. The lowest BCUT2D eigenvalue weighted by Gasteiger charge is -2.34. The Morgan fingerprint density at radius 1 is 0.147 bits per heavy atom. The molecule has 136 heavy (non-hydrogen) atoms. The molecule has 0 fully saturated rings. The fourth-order valence-electron chi connectivity index (χ4n) is 19.9. The summed E-state index contributed by atoms with van der Waals surface area (Å²) in [5.41, 5.74) is 29.2. The van der Waals surface area contributed by atoms with E-state index in [1.807, 2.05) is 36.4 Å². The average Bonchev–Trinajstić information content (AvgIpc) is 0.691. The second kappa shape index (κ2) is 39.1. The van der Waals surface area contributed by atoms with Gasteiger partial charge in [0.1, 0.15) is 0 Å². The highest BCUT2D eigenvalue weighted by molar-refractivity contribution is 6.38. The van der Waals surface area contributed by atoms with E-state index in [1.54, 1.807) is 0 Å². The highest BCUT2D eigenvalue weighted by Crippen LogP contribution is 2.57. The van der Waals surface area contributed by atoms with Crippen LogP contribution in [0.1, 0.15) is 133 Å². The number of para-hydroxylation sites is 2. The van der Waals surface area contributed by atoms with Crippen LogP contribution in [0.2, 0.25) is 0 Å². The smallest absolute Gasteiger partial charge is 0.0561 e. The Bertz CT molecular complexity index is 7080. The number of benzene rings is 21. The van der Waals surface area contributed by atoms with Crippen LogP contribution in [0.3, 0.4) is 0 Å². The van der Waals surface area contributed by atoms with Crippen LogP contribution in [-0.4, -0.2) is 0 Å². The van der Waals surface area contributed by atoms with Gasteiger partial charge in [-0.15, -0.1) is 0 Å². The number of fused-ring (bicyclic) bond motifs is 2. The van der Waals surface area contributed by atoms with Crippen LogP contribution in [0.5, 0.6) is 0 Å². The van der Waals surface area contributed by atoms with Gasteiger partial charge >= 0.3 is 0 Å². The molecule has 4 nitrogen and oxygen atoms in total. The van der Waals surface area contributed by atoms with Crippen molar-refractivity contribution in [3.05, 3.63) is 575 Å². The van der Waals surface area contributed by atoms with Crippen molar-refractivity contribution in [1.29, 1.82) is 0 Å².